The van der Waals surface area contributed by atoms with Crippen molar-refractivity contribution in [1.29, 1.82) is 0 Å². The molecule has 2 N–H and O–H groups in total. The van der Waals surface area contributed by atoms with Crippen LogP contribution in [-0.2, 0) is 6.54 Å². The van der Waals surface area contributed by atoms with E-state index in [-0.39, 0.29) is 6.61 Å². The van der Waals surface area contributed by atoms with Gasteiger partial charge in [-0.05, 0) is 36.7 Å². The third kappa shape index (κ3) is 4.66. The number of halogens is 1. The lowest BCUT2D eigenvalue weighted by Gasteiger charge is -2.22. The monoisotopic (exact) mass is 300 g/mol. The third-order valence-electron chi connectivity index (χ3n) is 2.67. The molecule has 0 aliphatic rings. The van der Waals surface area contributed by atoms with Gasteiger partial charge in [-0.25, -0.2) is 0 Å². The van der Waals surface area contributed by atoms with Crippen LogP contribution in [0.2, 0.25) is 0 Å². The van der Waals surface area contributed by atoms with Crippen molar-refractivity contribution in [3.8, 4) is 0 Å². The average Bonchev–Trinajstić information content (AvgIpc) is 2.33. The molecule has 0 aliphatic carbocycles. The Kier molecular flexibility index (Phi) is 6.55. The van der Waals surface area contributed by atoms with Gasteiger partial charge in [0, 0.05) is 36.9 Å². The van der Waals surface area contributed by atoms with Gasteiger partial charge in [-0.3, -0.25) is 0 Å². The van der Waals surface area contributed by atoms with Gasteiger partial charge in [-0.1, -0.05) is 22.9 Å². The summed E-state index contributed by atoms with van der Waals surface area (Å²) in [5, 5.41) is 12.2. The molecule has 96 valence electrons. The third-order valence-corrected chi connectivity index (χ3v) is 3.16. The quantitative estimate of drug-likeness (QED) is 0.811. The fourth-order valence-electron chi connectivity index (χ4n) is 1.76. The van der Waals surface area contributed by atoms with Crippen LogP contribution in [0.25, 0.3) is 0 Å². The van der Waals surface area contributed by atoms with E-state index in [2.05, 4.69) is 58.3 Å². The van der Waals surface area contributed by atoms with E-state index in [1.54, 1.807) is 0 Å². The molecule has 0 atom stereocenters. The van der Waals surface area contributed by atoms with E-state index in [0.717, 1.165) is 30.5 Å². The highest BCUT2D eigenvalue weighted by Crippen LogP contribution is 2.24. The zero-order valence-electron chi connectivity index (χ0n) is 10.5. The summed E-state index contributed by atoms with van der Waals surface area (Å²) in [6.07, 6.45) is 0.799. The summed E-state index contributed by atoms with van der Waals surface area (Å²) in [6, 6.07) is 6.32. The van der Waals surface area contributed by atoms with Crippen LogP contribution in [0.5, 0.6) is 0 Å². The summed E-state index contributed by atoms with van der Waals surface area (Å²) < 4.78 is 1.10. The number of hydrogen-bond acceptors (Lipinski definition) is 3. The topological polar surface area (TPSA) is 35.5 Å². The Morgan fingerprint density at radius 3 is 2.82 bits per heavy atom. The van der Waals surface area contributed by atoms with Crippen LogP contribution in [0.1, 0.15) is 18.9 Å². The number of aliphatic hydroxyl groups is 1. The Bertz CT molecular complexity index is 344. The Hall–Kier alpha value is -0.580. The Morgan fingerprint density at radius 1 is 1.41 bits per heavy atom. The van der Waals surface area contributed by atoms with Gasteiger partial charge in [-0.2, -0.15) is 0 Å². The maximum absolute atomic E-state index is 8.87. The van der Waals surface area contributed by atoms with Gasteiger partial charge in [0.25, 0.3) is 0 Å². The molecule has 17 heavy (non-hydrogen) atoms. The van der Waals surface area contributed by atoms with Crippen LogP contribution in [-0.4, -0.2) is 31.9 Å². The highest BCUT2D eigenvalue weighted by molar-refractivity contribution is 9.10. The van der Waals surface area contributed by atoms with Crippen molar-refractivity contribution in [3.63, 3.8) is 0 Å². The molecule has 0 fully saturated rings. The molecule has 0 unspecified atom stereocenters. The summed E-state index contributed by atoms with van der Waals surface area (Å²) in [4.78, 5) is 2.19. The van der Waals surface area contributed by atoms with Crippen molar-refractivity contribution in [2.24, 2.45) is 0 Å². The standard InChI is InChI=1S/C13H21BrN2O/c1-3-15-10-11-9-12(14)5-6-13(11)16(2)7-4-8-17/h5-6,9,15,17H,3-4,7-8,10H2,1-2H3. The number of nitrogens with zero attached hydrogens (tertiary/aromatic N) is 1. The number of nitrogens with one attached hydrogen (secondary N) is 1. The van der Waals surface area contributed by atoms with Crippen LogP contribution >= 0.6 is 15.9 Å². The Morgan fingerprint density at radius 2 is 2.18 bits per heavy atom. The largest absolute Gasteiger partial charge is 0.396 e. The molecule has 0 heterocycles. The predicted molar refractivity (Wildman–Crippen MR) is 76.5 cm³/mol. The number of anilines is 1. The lowest BCUT2D eigenvalue weighted by molar-refractivity contribution is 0.290. The van der Waals surface area contributed by atoms with Crippen molar-refractivity contribution in [3.05, 3.63) is 28.2 Å². The molecule has 0 aliphatic heterocycles. The first-order valence-electron chi connectivity index (χ1n) is 6.00. The SMILES string of the molecule is CCNCc1cc(Br)ccc1N(C)CCCO. The van der Waals surface area contributed by atoms with Gasteiger partial charge in [-0.15, -0.1) is 0 Å². The number of benzene rings is 1. The highest BCUT2D eigenvalue weighted by Gasteiger charge is 2.07. The fourth-order valence-corrected chi connectivity index (χ4v) is 2.16. The van der Waals surface area contributed by atoms with Crippen LogP contribution < -0.4 is 10.2 Å². The molecule has 0 amide bonds. The van der Waals surface area contributed by atoms with Gasteiger partial charge < -0.3 is 15.3 Å². The number of hydrogen-bond donors (Lipinski definition) is 2. The average molecular weight is 301 g/mol. The second-order valence-electron chi connectivity index (χ2n) is 4.05. The van der Waals surface area contributed by atoms with Crippen molar-refractivity contribution < 1.29 is 5.11 Å². The lowest BCUT2D eigenvalue weighted by Crippen LogP contribution is -2.22. The van der Waals surface area contributed by atoms with E-state index in [4.69, 9.17) is 5.11 Å². The smallest absolute Gasteiger partial charge is 0.0447 e. The molecule has 0 saturated carbocycles. The van der Waals surface area contributed by atoms with Crippen molar-refractivity contribution in [1.82, 2.24) is 5.32 Å². The second-order valence-corrected chi connectivity index (χ2v) is 4.97. The molecule has 4 heteroatoms. The molecule has 0 radical (unpaired) electrons. The molecule has 3 nitrogen and oxygen atoms in total. The first-order valence-corrected chi connectivity index (χ1v) is 6.79. The maximum atomic E-state index is 8.87. The fraction of sp³-hybridized carbons (Fsp3) is 0.538. The van der Waals surface area contributed by atoms with E-state index in [1.165, 1.54) is 11.3 Å². The van der Waals surface area contributed by atoms with E-state index >= 15 is 0 Å². The van der Waals surface area contributed by atoms with E-state index in [1.807, 2.05) is 0 Å². The minimum absolute atomic E-state index is 0.239. The Labute approximate surface area is 112 Å². The lowest BCUT2D eigenvalue weighted by atomic mass is 10.1. The summed E-state index contributed by atoms with van der Waals surface area (Å²) in [7, 11) is 2.06. The van der Waals surface area contributed by atoms with Crippen LogP contribution in [0.15, 0.2) is 22.7 Å². The first-order chi connectivity index (χ1) is 8.19. The molecule has 0 saturated heterocycles. The number of rotatable bonds is 7. The van der Waals surface area contributed by atoms with Gasteiger partial charge in [0.15, 0.2) is 0 Å². The van der Waals surface area contributed by atoms with Crippen molar-refractivity contribution in [2.45, 2.75) is 19.9 Å². The van der Waals surface area contributed by atoms with Crippen LogP contribution in [0, 0.1) is 0 Å². The summed E-state index contributed by atoms with van der Waals surface area (Å²) in [5.74, 6) is 0. The summed E-state index contributed by atoms with van der Waals surface area (Å²) >= 11 is 3.50. The molecule has 0 bridgehead atoms. The van der Waals surface area contributed by atoms with Crippen molar-refractivity contribution in [2.75, 3.05) is 31.6 Å². The van der Waals surface area contributed by atoms with Crippen LogP contribution in [0.4, 0.5) is 5.69 Å². The van der Waals surface area contributed by atoms with Gasteiger partial charge in [0.1, 0.15) is 0 Å². The van der Waals surface area contributed by atoms with Gasteiger partial charge in [0.05, 0.1) is 0 Å². The molecular formula is C13H21BrN2O. The summed E-state index contributed by atoms with van der Waals surface area (Å²) in [6.45, 7) is 5.05. The predicted octanol–water partition coefficient (Wildman–Crippen LogP) is 2.38. The second kappa shape index (κ2) is 7.69. The molecule has 0 aromatic heterocycles. The van der Waals surface area contributed by atoms with Gasteiger partial charge >= 0.3 is 0 Å². The molecule has 1 aromatic carbocycles. The Balaban J connectivity index is 2.80. The zero-order valence-corrected chi connectivity index (χ0v) is 12.1. The van der Waals surface area contributed by atoms with E-state index in [0.29, 0.717) is 0 Å². The molecule has 1 rings (SSSR count). The summed E-state index contributed by atoms with van der Waals surface area (Å²) in [5.41, 5.74) is 2.50. The first kappa shape index (κ1) is 14.5. The molecule has 0 spiro atoms. The van der Waals surface area contributed by atoms with E-state index in [9.17, 15) is 0 Å². The molecule has 1 aromatic rings. The van der Waals surface area contributed by atoms with Crippen molar-refractivity contribution >= 4 is 21.6 Å². The van der Waals surface area contributed by atoms with Gasteiger partial charge in [0.2, 0.25) is 0 Å². The van der Waals surface area contributed by atoms with Crippen LogP contribution in [0.3, 0.4) is 0 Å². The molecular weight excluding hydrogens is 280 g/mol. The highest BCUT2D eigenvalue weighted by atomic mass is 79.9. The number of aliphatic hydroxyl groups excluding tert-OH is 1. The zero-order chi connectivity index (χ0) is 12.7. The maximum Gasteiger partial charge on any atom is 0.0447 e. The minimum Gasteiger partial charge on any atom is -0.396 e. The minimum atomic E-state index is 0.239. The normalized spacial score (nSPS) is 10.6. The van der Waals surface area contributed by atoms with E-state index < -0.39 is 0 Å².